The van der Waals surface area contributed by atoms with Gasteiger partial charge >= 0.3 is 5.69 Å². The maximum atomic E-state index is 12.3. The van der Waals surface area contributed by atoms with Gasteiger partial charge in [-0.1, -0.05) is 0 Å². The van der Waals surface area contributed by atoms with Gasteiger partial charge in [0, 0.05) is 6.54 Å². The first kappa shape index (κ1) is 12.0. The number of hydrogen-bond donors (Lipinski definition) is 1. The van der Waals surface area contributed by atoms with Crippen LogP contribution in [0.5, 0.6) is 0 Å². The zero-order chi connectivity index (χ0) is 13.6. The van der Waals surface area contributed by atoms with Crippen LogP contribution in [0.25, 0.3) is 20.9 Å². The van der Waals surface area contributed by atoms with Gasteiger partial charge in [-0.25, -0.2) is 4.79 Å². The van der Waals surface area contributed by atoms with Gasteiger partial charge in [0.05, 0.1) is 16.5 Å². The van der Waals surface area contributed by atoms with Gasteiger partial charge < -0.3 is 4.42 Å². The summed E-state index contributed by atoms with van der Waals surface area (Å²) < 4.78 is 6.57. The molecule has 0 aliphatic heterocycles. The van der Waals surface area contributed by atoms with Crippen LogP contribution >= 0.6 is 11.3 Å². The van der Waals surface area contributed by atoms with E-state index in [1.54, 1.807) is 19.3 Å². The smallest absolute Gasteiger partial charge is 0.329 e. The molecule has 0 spiro atoms. The predicted molar refractivity (Wildman–Crippen MR) is 74.8 cm³/mol. The van der Waals surface area contributed by atoms with Crippen molar-refractivity contribution in [2.24, 2.45) is 0 Å². The molecule has 0 amide bonds. The Kier molecular flexibility index (Phi) is 2.67. The van der Waals surface area contributed by atoms with Gasteiger partial charge in [0.15, 0.2) is 0 Å². The number of aryl methyl sites for hydroxylation is 1. The first-order valence-corrected chi connectivity index (χ1v) is 6.75. The van der Waals surface area contributed by atoms with Gasteiger partial charge in [-0.3, -0.25) is 14.3 Å². The summed E-state index contributed by atoms with van der Waals surface area (Å²) in [6, 6.07) is 3.64. The summed E-state index contributed by atoms with van der Waals surface area (Å²) in [5.41, 5.74) is 0.235. The Morgan fingerprint density at radius 3 is 2.84 bits per heavy atom. The number of nitrogens with one attached hydrogen (secondary N) is 1. The zero-order valence-electron chi connectivity index (χ0n) is 10.5. The largest absolute Gasteiger partial charge is 0.464 e. The molecule has 3 rings (SSSR count). The predicted octanol–water partition coefficient (Wildman–Crippen LogP) is 2.34. The molecular formula is C13H12N2O3S. The van der Waals surface area contributed by atoms with Crippen LogP contribution in [0.4, 0.5) is 0 Å². The number of rotatable bonds is 2. The van der Waals surface area contributed by atoms with E-state index in [1.807, 2.05) is 13.0 Å². The third kappa shape index (κ3) is 1.67. The SMILES string of the molecule is CCn1c(=O)[nH]c2sc(-c3ccco3)c(C)c2c1=O. The molecular weight excluding hydrogens is 264 g/mol. The molecule has 0 fully saturated rings. The van der Waals surface area contributed by atoms with Crippen molar-refractivity contribution in [2.75, 3.05) is 0 Å². The van der Waals surface area contributed by atoms with Crippen LogP contribution in [0, 0.1) is 6.92 Å². The molecule has 0 aliphatic rings. The molecule has 0 unspecified atom stereocenters. The van der Waals surface area contributed by atoms with Crippen LogP contribution in [0.1, 0.15) is 12.5 Å². The lowest BCUT2D eigenvalue weighted by molar-refractivity contribution is 0.583. The van der Waals surface area contributed by atoms with Gasteiger partial charge in [0.1, 0.15) is 10.6 Å². The lowest BCUT2D eigenvalue weighted by atomic mass is 10.2. The summed E-state index contributed by atoms with van der Waals surface area (Å²) in [6.45, 7) is 4.00. The maximum absolute atomic E-state index is 12.3. The van der Waals surface area contributed by atoms with E-state index in [0.29, 0.717) is 22.5 Å². The molecule has 6 heteroatoms. The monoisotopic (exact) mass is 276 g/mol. The molecule has 98 valence electrons. The van der Waals surface area contributed by atoms with Crippen molar-refractivity contribution in [3.05, 3.63) is 44.8 Å². The molecule has 0 saturated heterocycles. The maximum Gasteiger partial charge on any atom is 0.329 e. The van der Waals surface area contributed by atoms with E-state index in [9.17, 15) is 9.59 Å². The van der Waals surface area contributed by atoms with Crippen LogP contribution in [0.2, 0.25) is 0 Å². The van der Waals surface area contributed by atoms with Crippen molar-refractivity contribution in [3.8, 4) is 10.6 Å². The van der Waals surface area contributed by atoms with Crippen molar-refractivity contribution in [3.63, 3.8) is 0 Å². The molecule has 0 bridgehead atoms. The summed E-state index contributed by atoms with van der Waals surface area (Å²) in [6.07, 6.45) is 1.59. The van der Waals surface area contributed by atoms with Crippen LogP contribution in [-0.2, 0) is 6.54 Å². The second-order valence-corrected chi connectivity index (χ2v) is 5.24. The molecule has 3 heterocycles. The summed E-state index contributed by atoms with van der Waals surface area (Å²) in [7, 11) is 0. The standard InChI is InChI=1S/C13H12N2O3S/c1-3-15-12(16)9-7(2)10(8-5-4-6-18-8)19-11(9)14-13(15)17/h4-6H,3H2,1-2H3,(H,14,17). The Labute approximate surface area is 112 Å². The molecule has 0 aliphatic carbocycles. The van der Waals surface area contributed by atoms with E-state index in [4.69, 9.17) is 4.42 Å². The molecule has 19 heavy (non-hydrogen) atoms. The summed E-state index contributed by atoms with van der Waals surface area (Å²) in [5.74, 6) is 0.710. The molecule has 1 N–H and O–H groups in total. The van der Waals surface area contributed by atoms with Crippen molar-refractivity contribution < 1.29 is 4.42 Å². The third-order valence-electron chi connectivity index (χ3n) is 3.13. The van der Waals surface area contributed by atoms with Crippen molar-refractivity contribution in [1.29, 1.82) is 0 Å². The number of H-pyrrole nitrogens is 1. The fourth-order valence-corrected chi connectivity index (χ4v) is 3.34. The Morgan fingerprint density at radius 2 is 2.21 bits per heavy atom. The van der Waals surface area contributed by atoms with Crippen molar-refractivity contribution in [2.45, 2.75) is 20.4 Å². The van der Waals surface area contributed by atoms with E-state index >= 15 is 0 Å². The van der Waals surface area contributed by atoms with Gasteiger partial charge in [-0.2, -0.15) is 0 Å². The van der Waals surface area contributed by atoms with Crippen LogP contribution in [0.15, 0.2) is 32.4 Å². The molecule has 0 saturated carbocycles. The number of fused-ring (bicyclic) bond motifs is 1. The minimum absolute atomic E-state index is 0.243. The lowest BCUT2D eigenvalue weighted by Crippen LogP contribution is -2.34. The average molecular weight is 276 g/mol. The van der Waals surface area contributed by atoms with Crippen LogP contribution in [-0.4, -0.2) is 9.55 Å². The van der Waals surface area contributed by atoms with Crippen molar-refractivity contribution in [1.82, 2.24) is 9.55 Å². The first-order chi connectivity index (χ1) is 9.13. The normalized spacial score (nSPS) is 11.3. The molecule has 0 aromatic carbocycles. The van der Waals surface area contributed by atoms with Crippen LogP contribution < -0.4 is 11.2 Å². The average Bonchev–Trinajstić information content (AvgIpc) is 2.97. The van der Waals surface area contributed by atoms with Gasteiger partial charge in [0.2, 0.25) is 0 Å². The first-order valence-electron chi connectivity index (χ1n) is 5.93. The summed E-state index contributed by atoms with van der Waals surface area (Å²) in [4.78, 5) is 28.3. The van der Waals surface area contributed by atoms with E-state index in [0.717, 1.165) is 10.4 Å². The Hall–Kier alpha value is -2.08. The van der Waals surface area contributed by atoms with E-state index in [2.05, 4.69) is 4.98 Å². The number of aromatic nitrogens is 2. The highest BCUT2D eigenvalue weighted by atomic mass is 32.1. The molecule has 0 radical (unpaired) electrons. The van der Waals surface area contributed by atoms with Gasteiger partial charge in [-0.15, -0.1) is 11.3 Å². The number of aromatic amines is 1. The number of nitrogens with zero attached hydrogens (tertiary/aromatic N) is 1. The molecule has 5 nitrogen and oxygen atoms in total. The van der Waals surface area contributed by atoms with Gasteiger partial charge in [-0.05, 0) is 31.5 Å². The second kappa shape index (κ2) is 4.24. The molecule has 3 aromatic rings. The highest BCUT2D eigenvalue weighted by Gasteiger charge is 2.17. The molecule has 3 aromatic heterocycles. The minimum Gasteiger partial charge on any atom is -0.464 e. The fourth-order valence-electron chi connectivity index (χ4n) is 2.18. The van der Waals surface area contributed by atoms with Gasteiger partial charge in [0.25, 0.3) is 5.56 Å². The quantitative estimate of drug-likeness (QED) is 0.781. The van der Waals surface area contributed by atoms with E-state index < -0.39 is 0 Å². The lowest BCUT2D eigenvalue weighted by Gasteiger charge is -2.00. The van der Waals surface area contributed by atoms with Crippen LogP contribution in [0.3, 0.4) is 0 Å². The Morgan fingerprint density at radius 1 is 1.42 bits per heavy atom. The third-order valence-corrected chi connectivity index (χ3v) is 4.35. The zero-order valence-corrected chi connectivity index (χ0v) is 11.3. The Bertz CT molecular complexity index is 853. The second-order valence-electron chi connectivity index (χ2n) is 4.22. The van der Waals surface area contributed by atoms with Crippen molar-refractivity contribution >= 4 is 21.6 Å². The summed E-state index contributed by atoms with van der Waals surface area (Å²) in [5, 5.41) is 0.567. The minimum atomic E-state index is -0.368. The summed E-state index contributed by atoms with van der Waals surface area (Å²) >= 11 is 1.37. The van der Waals surface area contributed by atoms with E-state index in [1.165, 1.54) is 15.9 Å². The van der Waals surface area contributed by atoms with E-state index in [-0.39, 0.29) is 11.2 Å². The number of hydrogen-bond acceptors (Lipinski definition) is 4. The Balaban J connectivity index is 2.43. The highest BCUT2D eigenvalue weighted by molar-refractivity contribution is 7.22. The molecule has 0 atom stereocenters. The number of thiophene rings is 1. The highest BCUT2D eigenvalue weighted by Crippen LogP contribution is 2.35. The fraction of sp³-hybridized carbons (Fsp3) is 0.231. The number of furan rings is 1. The topological polar surface area (TPSA) is 68.0 Å².